The van der Waals surface area contributed by atoms with Crippen LogP contribution in [-0.2, 0) is 0 Å². The Morgan fingerprint density at radius 2 is 2.64 bits per heavy atom. The van der Waals surface area contributed by atoms with E-state index in [1.54, 1.807) is 6.26 Å². The van der Waals surface area contributed by atoms with E-state index in [2.05, 4.69) is 5.32 Å². The number of nitrogens with one attached hydrogen (secondary N) is 1. The van der Waals surface area contributed by atoms with Gasteiger partial charge in [0.25, 0.3) is 0 Å². The SMILES string of the molecule is C[C@H](NCC#N)c1ccco1. The van der Waals surface area contributed by atoms with E-state index in [0.717, 1.165) is 5.76 Å². The average molecular weight is 150 g/mol. The van der Waals surface area contributed by atoms with E-state index < -0.39 is 0 Å². The first-order valence-corrected chi connectivity index (χ1v) is 3.48. The van der Waals surface area contributed by atoms with Gasteiger partial charge in [-0.2, -0.15) is 5.26 Å². The van der Waals surface area contributed by atoms with Crippen LogP contribution in [0.4, 0.5) is 0 Å². The largest absolute Gasteiger partial charge is 0.468 e. The molecule has 1 N–H and O–H groups in total. The molecule has 1 heterocycles. The van der Waals surface area contributed by atoms with Crippen molar-refractivity contribution in [2.24, 2.45) is 0 Å². The first-order valence-electron chi connectivity index (χ1n) is 3.48. The van der Waals surface area contributed by atoms with Crippen LogP contribution >= 0.6 is 0 Å². The third-order valence-electron chi connectivity index (χ3n) is 1.46. The third-order valence-corrected chi connectivity index (χ3v) is 1.46. The summed E-state index contributed by atoms with van der Waals surface area (Å²) >= 11 is 0. The van der Waals surface area contributed by atoms with Gasteiger partial charge < -0.3 is 4.42 Å². The van der Waals surface area contributed by atoms with Crippen LogP contribution in [0.5, 0.6) is 0 Å². The monoisotopic (exact) mass is 150 g/mol. The second-order valence-electron chi connectivity index (χ2n) is 2.28. The molecule has 58 valence electrons. The van der Waals surface area contributed by atoms with Crippen LogP contribution in [0.25, 0.3) is 0 Å². The predicted octanol–water partition coefficient (Wildman–Crippen LogP) is 1.45. The van der Waals surface area contributed by atoms with Crippen molar-refractivity contribution in [3.05, 3.63) is 24.2 Å². The number of nitriles is 1. The van der Waals surface area contributed by atoms with Crippen LogP contribution in [0, 0.1) is 11.3 Å². The first kappa shape index (κ1) is 7.83. The Kier molecular flexibility index (Phi) is 2.70. The number of hydrogen-bond donors (Lipinski definition) is 1. The lowest BCUT2D eigenvalue weighted by molar-refractivity contribution is 0.442. The highest BCUT2D eigenvalue weighted by Gasteiger charge is 2.05. The van der Waals surface area contributed by atoms with E-state index in [4.69, 9.17) is 9.68 Å². The topological polar surface area (TPSA) is 49.0 Å². The minimum absolute atomic E-state index is 0.115. The van der Waals surface area contributed by atoms with Crippen molar-refractivity contribution >= 4 is 0 Å². The van der Waals surface area contributed by atoms with E-state index in [-0.39, 0.29) is 6.04 Å². The third kappa shape index (κ3) is 2.10. The van der Waals surface area contributed by atoms with Crippen molar-refractivity contribution in [3.63, 3.8) is 0 Å². The van der Waals surface area contributed by atoms with Crippen LogP contribution in [-0.4, -0.2) is 6.54 Å². The average Bonchev–Trinajstić information content (AvgIpc) is 2.52. The van der Waals surface area contributed by atoms with E-state index >= 15 is 0 Å². The van der Waals surface area contributed by atoms with Gasteiger partial charge in [0.15, 0.2) is 0 Å². The highest BCUT2D eigenvalue weighted by Crippen LogP contribution is 2.10. The molecule has 0 saturated carbocycles. The zero-order chi connectivity index (χ0) is 8.10. The molecule has 0 aliphatic rings. The predicted molar refractivity (Wildman–Crippen MR) is 40.7 cm³/mol. The molecule has 0 saturated heterocycles. The Balaban J connectivity index is 2.44. The molecule has 0 fully saturated rings. The van der Waals surface area contributed by atoms with Gasteiger partial charge in [0.1, 0.15) is 5.76 Å². The summed E-state index contributed by atoms with van der Waals surface area (Å²) in [6, 6.07) is 5.84. The van der Waals surface area contributed by atoms with Gasteiger partial charge in [0.2, 0.25) is 0 Å². The number of nitrogens with zero attached hydrogens (tertiary/aromatic N) is 1. The minimum atomic E-state index is 0.115. The Labute approximate surface area is 65.6 Å². The fourth-order valence-corrected chi connectivity index (χ4v) is 0.837. The summed E-state index contributed by atoms with van der Waals surface area (Å²) in [6.45, 7) is 2.30. The molecular formula is C8H10N2O. The van der Waals surface area contributed by atoms with Crippen molar-refractivity contribution in [2.45, 2.75) is 13.0 Å². The molecule has 3 nitrogen and oxygen atoms in total. The second-order valence-corrected chi connectivity index (χ2v) is 2.28. The number of hydrogen-bond acceptors (Lipinski definition) is 3. The quantitative estimate of drug-likeness (QED) is 0.663. The molecule has 0 aromatic carbocycles. The highest BCUT2D eigenvalue weighted by atomic mass is 16.3. The molecule has 1 aromatic heterocycles. The van der Waals surface area contributed by atoms with Crippen LogP contribution in [0.2, 0.25) is 0 Å². The van der Waals surface area contributed by atoms with Crippen LogP contribution < -0.4 is 5.32 Å². The Hall–Kier alpha value is -1.27. The van der Waals surface area contributed by atoms with Gasteiger partial charge in [0, 0.05) is 0 Å². The number of rotatable bonds is 3. The normalized spacial score (nSPS) is 12.4. The van der Waals surface area contributed by atoms with Gasteiger partial charge >= 0.3 is 0 Å². The molecule has 0 radical (unpaired) electrons. The molecule has 1 rings (SSSR count). The lowest BCUT2D eigenvalue weighted by Gasteiger charge is -2.06. The molecule has 0 aliphatic heterocycles. The lowest BCUT2D eigenvalue weighted by atomic mass is 10.2. The number of furan rings is 1. The smallest absolute Gasteiger partial charge is 0.120 e. The molecule has 0 aliphatic carbocycles. The molecule has 0 spiro atoms. The van der Waals surface area contributed by atoms with Crippen LogP contribution in [0.1, 0.15) is 18.7 Å². The van der Waals surface area contributed by atoms with Gasteiger partial charge in [-0.25, -0.2) is 0 Å². The van der Waals surface area contributed by atoms with E-state index in [1.165, 1.54) is 0 Å². The standard InChI is InChI=1S/C8H10N2O/c1-7(10-5-4-9)8-3-2-6-11-8/h2-3,6-7,10H,5H2,1H3/t7-/m0/s1. The highest BCUT2D eigenvalue weighted by molar-refractivity contribution is 5.03. The van der Waals surface area contributed by atoms with E-state index in [0.29, 0.717) is 6.54 Å². The zero-order valence-corrected chi connectivity index (χ0v) is 6.37. The van der Waals surface area contributed by atoms with Gasteiger partial charge in [0.05, 0.1) is 24.9 Å². The summed E-state index contributed by atoms with van der Waals surface area (Å²) in [6.07, 6.45) is 1.62. The van der Waals surface area contributed by atoms with E-state index in [1.807, 2.05) is 25.1 Å². The van der Waals surface area contributed by atoms with Crippen LogP contribution in [0.3, 0.4) is 0 Å². The van der Waals surface area contributed by atoms with Crippen molar-refractivity contribution in [1.82, 2.24) is 5.32 Å². The van der Waals surface area contributed by atoms with Gasteiger partial charge in [-0.1, -0.05) is 0 Å². The van der Waals surface area contributed by atoms with Crippen molar-refractivity contribution < 1.29 is 4.42 Å². The van der Waals surface area contributed by atoms with Crippen LogP contribution in [0.15, 0.2) is 22.8 Å². The minimum Gasteiger partial charge on any atom is -0.468 e. The summed E-state index contributed by atoms with van der Waals surface area (Å²) in [4.78, 5) is 0. The summed E-state index contributed by atoms with van der Waals surface area (Å²) in [5.74, 6) is 0.861. The van der Waals surface area contributed by atoms with E-state index in [9.17, 15) is 0 Å². The van der Waals surface area contributed by atoms with Crippen molar-refractivity contribution in [1.29, 1.82) is 5.26 Å². The fraction of sp³-hybridized carbons (Fsp3) is 0.375. The molecule has 1 aromatic rings. The summed E-state index contributed by atoms with van der Waals surface area (Å²) in [5, 5.41) is 11.2. The van der Waals surface area contributed by atoms with Gasteiger partial charge in [-0.3, -0.25) is 5.32 Å². The van der Waals surface area contributed by atoms with Gasteiger partial charge in [-0.05, 0) is 19.1 Å². The maximum atomic E-state index is 8.27. The lowest BCUT2D eigenvalue weighted by Crippen LogP contribution is -2.17. The molecule has 0 bridgehead atoms. The molecule has 0 unspecified atom stereocenters. The zero-order valence-electron chi connectivity index (χ0n) is 6.37. The summed E-state index contributed by atoms with van der Waals surface area (Å²) < 4.78 is 5.12. The second kappa shape index (κ2) is 3.79. The first-order chi connectivity index (χ1) is 5.34. The summed E-state index contributed by atoms with van der Waals surface area (Å²) in [5.41, 5.74) is 0. The van der Waals surface area contributed by atoms with Crippen molar-refractivity contribution in [3.8, 4) is 6.07 Å². The Morgan fingerprint density at radius 1 is 1.82 bits per heavy atom. The molecule has 3 heteroatoms. The maximum absolute atomic E-state index is 8.27. The van der Waals surface area contributed by atoms with Gasteiger partial charge in [-0.15, -0.1) is 0 Å². The summed E-state index contributed by atoms with van der Waals surface area (Å²) in [7, 11) is 0. The molecular weight excluding hydrogens is 140 g/mol. The Bertz CT molecular complexity index is 235. The molecule has 11 heavy (non-hydrogen) atoms. The Morgan fingerprint density at radius 3 is 3.18 bits per heavy atom. The van der Waals surface area contributed by atoms with Crippen molar-refractivity contribution in [2.75, 3.05) is 6.54 Å². The molecule has 1 atom stereocenters. The maximum Gasteiger partial charge on any atom is 0.120 e. The molecule has 0 amide bonds. The fourth-order valence-electron chi connectivity index (χ4n) is 0.837.